The predicted molar refractivity (Wildman–Crippen MR) is 126 cm³/mol. The Morgan fingerprint density at radius 2 is 1.04 bits per heavy atom. The van der Waals surface area contributed by atoms with Gasteiger partial charge in [-0.1, -0.05) is 134 Å². The minimum Gasteiger partial charge on any atom is -0.0776 e. The highest BCUT2D eigenvalue weighted by Gasteiger charge is 2.27. The quantitative estimate of drug-likeness (QED) is 0.461. The smallest absolute Gasteiger partial charge is 0.0365 e. The van der Waals surface area contributed by atoms with Crippen molar-refractivity contribution in [3.63, 3.8) is 0 Å². The second-order valence-electron chi connectivity index (χ2n) is 9.17. The van der Waals surface area contributed by atoms with E-state index in [1.165, 1.54) is 57.8 Å². The molecule has 26 heavy (non-hydrogen) atoms. The lowest BCUT2D eigenvalue weighted by atomic mass is 9.70. The Labute approximate surface area is 170 Å². The van der Waals surface area contributed by atoms with Crippen LogP contribution in [-0.2, 0) is 0 Å². The van der Waals surface area contributed by atoms with Gasteiger partial charge in [-0.05, 0) is 35.5 Å². The first kappa shape index (κ1) is 30.7. The molecule has 0 spiro atoms. The molecule has 0 nitrogen and oxygen atoms in total. The highest BCUT2D eigenvalue weighted by molar-refractivity contribution is 4.78. The summed E-state index contributed by atoms with van der Waals surface area (Å²) in [5, 5.41) is 0. The van der Waals surface area contributed by atoms with Gasteiger partial charge in [-0.15, -0.1) is 0 Å². The molecule has 0 aromatic heterocycles. The van der Waals surface area contributed by atoms with Crippen molar-refractivity contribution in [2.75, 3.05) is 0 Å². The third-order valence-corrected chi connectivity index (χ3v) is 6.20. The van der Waals surface area contributed by atoms with Crippen LogP contribution in [0.15, 0.2) is 0 Å². The molecule has 2 aliphatic carbocycles. The molecule has 1 atom stereocenters. The van der Waals surface area contributed by atoms with Crippen LogP contribution in [0.25, 0.3) is 0 Å². The topological polar surface area (TPSA) is 0 Å². The first-order valence-electron chi connectivity index (χ1n) is 11.8. The lowest BCUT2D eigenvalue weighted by molar-refractivity contribution is 0.155. The summed E-state index contributed by atoms with van der Waals surface area (Å²) in [5.41, 5.74) is 0. The standard InChI is InChI=1S/C10H20.C8H16.C5H12.C2H6.CH4/c1-4-10(8(2)3)9-6-5-7-9;1-7-3-5-8(2)6-4-7;1-4-5(2)3;1-2;/h8-10H,4-7H2,1-3H3;7-8H,3-6H2,1-2H3;5H,4H2,1-3H3;1-2H3;1H4. The average molecular weight is 371 g/mol. The van der Waals surface area contributed by atoms with E-state index in [1.54, 1.807) is 0 Å². The Bertz CT molecular complexity index is 231. The van der Waals surface area contributed by atoms with Gasteiger partial charge in [-0.3, -0.25) is 0 Å². The second-order valence-corrected chi connectivity index (χ2v) is 9.17. The summed E-state index contributed by atoms with van der Waals surface area (Å²) in [6.07, 6.45) is 13.1. The summed E-state index contributed by atoms with van der Waals surface area (Å²) in [7, 11) is 0. The van der Waals surface area contributed by atoms with E-state index in [1.807, 2.05) is 13.8 Å². The van der Waals surface area contributed by atoms with Gasteiger partial charge in [0.15, 0.2) is 0 Å². The van der Waals surface area contributed by atoms with Crippen molar-refractivity contribution in [1.29, 1.82) is 0 Å². The van der Waals surface area contributed by atoms with Crippen molar-refractivity contribution >= 4 is 0 Å². The summed E-state index contributed by atoms with van der Waals surface area (Å²) in [5.74, 6) is 5.95. The van der Waals surface area contributed by atoms with E-state index in [0.29, 0.717) is 0 Å². The van der Waals surface area contributed by atoms with Crippen LogP contribution < -0.4 is 0 Å². The molecule has 0 saturated heterocycles. The highest BCUT2D eigenvalue weighted by Crippen LogP contribution is 2.38. The molecule has 2 aliphatic rings. The van der Waals surface area contributed by atoms with E-state index in [2.05, 4.69) is 55.4 Å². The summed E-state index contributed by atoms with van der Waals surface area (Å²) < 4.78 is 0. The molecule has 2 rings (SSSR count). The maximum atomic E-state index is 2.37. The van der Waals surface area contributed by atoms with E-state index in [9.17, 15) is 0 Å². The molecule has 0 heteroatoms. The van der Waals surface area contributed by atoms with Crippen LogP contribution in [-0.4, -0.2) is 0 Å². The molecular weight excluding hydrogens is 312 g/mol. The molecule has 2 fully saturated rings. The summed E-state index contributed by atoms with van der Waals surface area (Å²) in [6.45, 7) is 22.4. The van der Waals surface area contributed by atoms with Crippen LogP contribution in [0.5, 0.6) is 0 Å². The van der Waals surface area contributed by atoms with Crippen molar-refractivity contribution in [2.24, 2.45) is 35.5 Å². The Kier molecular flexibility index (Phi) is 23.3. The van der Waals surface area contributed by atoms with E-state index >= 15 is 0 Å². The fourth-order valence-electron chi connectivity index (χ4n) is 3.64. The van der Waals surface area contributed by atoms with Crippen molar-refractivity contribution in [3.8, 4) is 0 Å². The number of hydrogen-bond donors (Lipinski definition) is 0. The number of hydrogen-bond acceptors (Lipinski definition) is 0. The second kappa shape index (κ2) is 19.8. The lowest BCUT2D eigenvalue weighted by Gasteiger charge is -2.35. The van der Waals surface area contributed by atoms with E-state index in [4.69, 9.17) is 0 Å². The van der Waals surface area contributed by atoms with Gasteiger partial charge >= 0.3 is 0 Å². The maximum Gasteiger partial charge on any atom is -0.0365 e. The fourth-order valence-corrected chi connectivity index (χ4v) is 3.64. The van der Waals surface area contributed by atoms with Crippen LogP contribution in [0.1, 0.15) is 134 Å². The van der Waals surface area contributed by atoms with Gasteiger partial charge in [-0.25, -0.2) is 0 Å². The molecule has 2 saturated carbocycles. The SMILES string of the molecule is C.CC.CC1CCC(C)CC1.CCC(C(C)C)C1CCC1.CCC(C)C. The monoisotopic (exact) mass is 370 g/mol. The molecule has 0 aromatic rings. The molecule has 0 N–H and O–H groups in total. The first-order chi connectivity index (χ1) is 11.8. The minimum absolute atomic E-state index is 0. The van der Waals surface area contributed by atoms with Crippen LogP contribution in [0.4, 0.5) is 0 Å². The third kappa shape index (κ3) is 16.2. The van der Waals surface area contributed by atoms with E-state index < -0.39 is 0 Å². The van der Waals surface area contributed by atoms with Crippen molar-refractivity contribution < 1.29 is 0 Å². The minimum atomic E-state index is 0. The fraction of sp³-hybridized carbons (Fsp3) is 1.00. The van der Waals surface area contributed by atoms with Crippen molar-refractivity contribution in [3.05, 3.63) is 0 Å². The molecule has 0 aliphatic heterocycles. The van der Waals surface area contributed by atoms with Gasteiger partial charge < -0.3 is 0 Å². The van der Waals surface area contributed by atoms with Crippen LogP contribution in [0, 0.1) is 35.5 Å². The summed E-state index contributed by atoms with van der Waals surface area (Å²) >= 11 is 0. The Balaban J connectivity index is -0.000000299. The van der Waals surface area contributed by atoms with Crippen LogP contribution in [0.2, 0.25) is 0 Å². The van der Waals surface area contributed by atoms with Gasteiger partial charge in [0, 0.05) is 0 Å². The Hall–Kier alpha value is 0. The largest absolute Gasteiger partial charge is 0.0776 e. The van der Waals surface area contributed by atoms with E-state index in [-0.39, 0.29) is 7.43 Å². The molecule has 0 radical (unpaired) electrons. The van der Waals surface area contributed by atoms with E-state index in [0.717, 1.165) is 35.5 Å². The maximum absolute atomic E-state index is 2.37. The normalized spacial score (nSPS) is 23.1. The number of rotatable bonds is 4. The predicted octanol–water partition coefficient (Wildman–Crippen LogP) is 10.0. The third-order valence-electron chi connectivity index (χ3n) is 6.20. The highest BCUT2D eigenvalue weighted by atomic mass is 14.3. The molecule has 1 unspecified atom stereocenters. The van der Waals surface area contributed by atoms with Gasteiger partial charge in [0.2, 0.25) is 0 Å². The van der Waals surface area contributed by atoms with Gasteiger partial charge in [0.05, 0.1) is 0 Å². The molecule has 0 aromatic carbocycles. The zero-order chi connectivity index (χ0) is 19.8. The van der Waals surface area contributed by atoms with Gasteiger partial charge in [0.25, 0.3) is 0 Å². The van der Waals surface area contributed by atoms with Crippen molar-refractivity contribution in [1.82, 2.24) is 0 Å². The molecular formula is C26H58. The Morgan fingerprint density at radius 3 is 1.15 bits per heavy atom. The summed E-state index contributed by atoms with van der Waals surface area (Å²) in [4.78, 5) is 0. The van der Waals surface area contributed by atoms with Crippen molar-refractivity contribution in [2.45, 2.75) is 134 Å². The Morgan fingerprint density at radius 1 is 0.692 bits per heavy atom. The molecule has 162 valence electrons. The van der Waals surface area contributed by atoms with Crippen LogP contribution >= 0.6 is 0 Å². The van der Waals surface area contributed by atoms with Crippen LogP contribution in [0.3, 0.4) is 0 Å². The lowest BCUT2D eigenvalue weighted by Crippen LogP contribution is -2.25. The molecule has 0 heterocycles. The van der Waals surface area contributed by atoms with Gasteiger partial charge in [-0.2, -0.15) is 0 Å². The average Bonchev–Trinajstić information content (AvgIpc) is 2.56. The zero-order valence-electron chi connectivity index (χ0n) is 19.8. The summed E-state index contributed by atoms with van der Waals surface area (Å²) in [6, 6.07) is 0. The molecule has 0 bridgehead atoms. The first-order valence-corrected chi connectivity index (χ1v) is 11.8. The van der Waals surface area contributed by atoms with Gasteiger partial charge in [0.1, 0.15) is 0 Å². The zero-order valence-corrected chi connectivity index (χ0v) is 19.8. The molecule has 0 amide bonds.